The maximum atomic E-state index is 12.7. The Morgan fingerprint density at radius 3 is 2.00 bits per heavy atom. The molecule has 192 valence electrons. The SMILES string of the molecule is O=C(COCC(=O)N1CCN(C(c2ccccc2)c2ccccc2)CC1)Nc1ccc(Br)cc1C(=O)[O-].[Na+]. The molecular formula is C28H27BrN3NaO5. The Hall–Kier alpha value is -2.53. The van der Waals surface area contributed by atoms with Crippen molar-refractivity contribution in [1.82, 2.24) is 9.80 Å². The molecule has 0 spiro atoms. The maximum absolute atomic E-state index is 12.7. The number of nitrogens with zero attached hydrogens (tertiary/aromatic N) is 2. The van der Waals surface area contributed by atoms with Gasteiger partial charge in [0.25, 0.3) is 0 Å². The molecular weight excluding hydrogens is 561 g/mol. The molecule has 0 atom stereocenters. The number of amides is 2. The number of ether oxygens (including phenoxy) is 1. The van der Waals surface area contributed by atoms with Crippen LogP contribution in [0.5, 0.6) is 0 Å². The minimum Gasteiger partial charge on any atom is -0.545 e. The molecule has 1 fully saturated rings. The fraction of sp³-hybridized carbons (Fsp3) is 0.250. The van der Waals surface area contributed by atoms with Crippen LogP contribution in [0.1, 0.15) is 27.5 Å². The number of nitrogens with one attached hydrogen (secondary N) is 1. The Kier molecular flexibility index (Phi) is 11.5. The third kappa shape index (κ3) is 7.99. The minimum atomic E-state index is -1.41. The number of carbonyl (C=O) groups is 3. The molecule has 1 heterocycles. The number of halogens is 1. The van der Waals surface area contributed by atoms with Crippen molar-refractivity contribution in [3.8, 4) is 0 Å². The zero-order valence-electron chi connectivity index (χ0n) is 21.1. The van der Waals surface area contributed by atoms with Gasteiger partial charge in [-0.1, -0.05) is 76.6 Å². The first-order chi connectivity index (χ1) is 17.9. The molecule has 0 aromatic heterocycles. The van der Waals surface area contributed by atoms with Gasteiger partial charge in [0.1, 0.15) is 13.2 Å². The molecule has 0 aliphatic carbocycles. The van der Waals surface area contributed by atoms with Crippen LogP contribution in [0.4, 0.5) is 5.69 Å². The van der Waals surface area contributed by atoms with Crippen LogP contribution in [0, 0.1) is 0 Å². The van der Waals surface area contributed by atoms with Gasteiger partial charge in [-0.15, -0.1) is 0 Å². The Bertz CT molecular complexity index is 1200. The number of rotatable bonds is 9. The van der Waals surface area contributed by atoms with E-state index < -0.39 is 11.9 Å². The summed E-state index contributed by atoms with van der Waals surface area (Å²) in [6.07, 6.45) is 0. The zero-order chi connectivity index (χ0) is 26.2. The molecule has 3 aromatic rings. The number of carbonyl (C=O) groups excluding carboxylic acids is 3. The van der Waals surface area contributed by atoms with Crippen molar-refractivity contribution < 1.29 is 53.8 Å². The van der Waals surface area contributed by atoms with Crippen LogP contribution in [0.3, 0.4) is 0 Å². The average molecular weight is 588 g/mol. The Labute approximate surface area is 252 Å². The van der Waals surface area contributed by atoms with Gasteiger partial charge in [0.05, 0.1) is 12.0 Å². The number of aromatic carboxylic acids is 1. The molecule has 0 saturated carbocycles. The molecule has 1 aliphatic heterocycles. The van der Waals surface area contributed by atoms with Crippen LogP contribution in [-0.4, -0.2) is 67.0 Å². The van der Waals surface area contributed by atoms with Gasteiger partial charge in [-0.05, 0) is 29.3 Å². The van der Waals surface area contributed by atoms with Crippen molar-refractivity contribution in [2.75, 3.05) is 44.7 Å². The van der Waals surface area contributed by atoms with Crippen LogP contribution in [-0.2, 0) is 14.3 Å². The van der Waals surface area contributed by atoms with Crippen molar-refractivity contribution >= 4 is 39.4 Å². The summed E-state index contributed by atoms with van der Waals surface area (Å²) in [5.74, 6) is -2.16. The van der Waals surface area contributed by atoms with Gasteiger partial charge in [0, 0.05) is 41.9 Å². The quantitative estimate of drug-likeness (QED) is 0.345. The van der Waals surface area contributed by atoms with E-state index in [0.717, 1.165) is 0 Å². The van der Waals surface area contributed by atoms with Gasteiger partial charge in [-0.2, -0.15) is 0 Å². The molecule has 10 heteroatoms. The Balaban J connectivity index is 0.00000400. The Morgan fingerprint density at radius 1 is 0.868 bits per heavy atom. The van der Waals surface area contributed by atoms with Crippen LogP contribution in [0.2, 0.25) is 0 Å². The first kappa shape index (κ1) is 30.0. The van der Waals surface area contributed by atoms with E-state index in [0.29, 0.717) is 30.7 Å². The second kappa shape index (κ2) is 14.6. The number of hydrogen-bond acceptors (Lipinski definition) is 6. The standard InChI is InChI=1S/C28H28BrN3O5.Na/c29-22-11-12-24(23(17-22)28(35)36)30-25(33)18-37-19-26(34)31-13-15-32(16-14-31)27(20-7-3-1-4-8-20)21-9-5-2-6-10-21;/h1-12,17,27H,13-16,18-19H2,(H,30,33)(H,35,36);/q;+1/p-1. The fourth-order valence-electron chi connectivity index (χ4n) is 4.42. The summed E-state index contributed by atoms with van der Waals surface area (Å²) in [4.78, 5) is 40.3. The van der Waals surface area contributed by atoms with E-state index in [4.69, 9.17) is 4.74 Å². The second-order valence-electron chi connectivity index (χ2n) is 8.66. The molecule has 1 saturated heterocycles. The van der Waals surface area contributed by atoms with Crippen molar-refractivity contribution in [3.63, 3.8) is 0 Å². The van der Waals surface area contributed by atoms with Crippen LogP contribution < -0.4 is 40.0 Å². The molecule has 0 bridgehead atoms. The minimum absolute atomic E-state index is 0. The average Bonchev–Trinajstić information content (AvgIpc) is 2.91. The van der Waals surface area contributed by atoms with E-state index in [1.54, 1.807) is 11.0 Å². The van der Waals surface area contributed by atoms with E-state index in [-0.39, 0.29) is 66.0 Å². The largest absolute Gasteiger partial charge is 1.00 e. The predicted molar refractivity (Wildman–Crippen MR) is 141 cm³/mol. The smallest absolute Gasteiger partial charge is 0.545 e. The van der Waals surface area contributed by atoms with Gasteiger partial charge in [0.2, 0.25) is 11.8 Å². The van der Waals surface area contributed by atoms with Crippen molar-refractivity contribution in [1.29, 1.82) is 0 Å². The van der Waals surface area contributed by atoms with E-state index in [9.17, 15) is 19.5 Å². The van der Waals surface area contributed by atoms with Crippen molar-refractivity contribution in [2.45, 2.75) is 6.04 Å². The molecule has 0 radical (unpaired) electrons. The third-order valence-electron chi connectivity index (χ3n) is 6.20. The Morgan fingerprint density at radius 2 is 1.45 bits per heavy atom. The topological polar surface area (TPSA) is 102 Å². The van der Waals surface area contributed by atoms with Crippen molar-refractivity contribution in [3.05, 3.63) is 100 Å². The van der Waals surface area contributed by atoms with Gasteiger partial charge < -0.3 is 24.9 Å². The van der Waals surface area contributed by atoms with Gasteiger partial charge in [-0.25, -0.2) is 0 Å². The predicted octanol–water partition coefficient (Wildman–Crippen LogP) is -0.294. The first-order valence-electron chi connectivity index (χ1n) is 11.9. The van der Waals surface area contributed by atoms with Crippen molar-refractivity contribution in [2.24, 2.45) is 0 Å². The van der Waals surface area contributed by atoms with Crippen LogP contribution in [0.25, 0.3) is 0 Å². The number of carboxylic acids is 1. The second-order valence-corrected chi connectivity index (χ2v) is 9.57. The number of anilines is 1. The van der Waals surface area contributed by atoms with Gasteiger partial charge in [-0.3, -0.25) is 14.5 Å². The summed E-state index contributed by atoms with van der Waals surface area (Å²) in [7, 11) is 0. The fourth-order valence-corrected chi connectivity index (χ4v) is 4.78. The van der Waals surface area contributed by atoms with Gasteiger partial charge in [0.15, 0.2) is 0 Å². The summed E-state index contributed by atoms with van der Waals surface area (Å²) < 4.78 is 5.88. The molecule has 1 aliphatic rings. The third-order valence-corrected chi connectivity index (χ3v) is 6.69. The van der Waals surface area contributed by atoms with E-state index in [2.05, 4.69) is 50.4 Å². The number of benzene rings is 3. The zero-order valence-corrected chi connectivity index (χ0v) is 24.7. The molecule has 3 aromatic carbocycles. The number of piperazine rings is 1. The molecule has 1 N–H and O–H groups in total. The molecule has 38 heavy (non-hydrogen) atoms. The summed E-state index contributed by atoms with van der Waals surface area (Å²) in [5.41, 5.74) is 2.36. The van der Waals surface area contributed by atoms with Crippen LogP contribution >= 0.6 is 15.9 Å². The molecule has 8 nitrogen and oxygen atoms in total. The monoisotopic (exact) mass is 587 g/mol. The maximum Gasteiger partial charge on any atom is 1.00 e. The normalized spacial score (nSPS) is 13.6. The van der Waals surface area contributed by atoms with E-state index >= 15 is 0 Å². The summed E-state index contributed by atoms with van der Waals surface area (Å²) in [5, 5.41) is 13.8. The summed E-state index contributed by atoms with van der Waals surface area (Å²) in [6.45, 7) is 1.91. The molecule has 2 amide bonds. The first-order valence-corrected chi connectivity index (χ1v) is 12.7. The molecule has 0 unspecified atom stereocenters. The summed E-state index contributed by atoms with van der Waals surface area (Å²) >= 11 is 3.19. The van der Waals surface area contributed by atoms with Gasteiger partial charge >= 0.3 is 29.6 Å². The van der Waals surface area contributed by atoms with E-state index in [1.807, 2.05) is 36.4 Å². The summed E-state index contributed by atoms with van der Waals surface area (Å²) in [6, 6.07) is 25.1. The number of carboxylic acid groups (broad SMARTS) is 1. The molecule has 4 rings (SSSR count). The van der Waals surface area contributed by atoms with E-state index in [1.165, 1.54) is 23.3 Å². The van der Waals surface area contributed by atoms with Crippen LogP contribution in [0.15, 0.2) is 83.3 Å². The number of hydrogen-bond donors (Lipinski definition) is 1.